The number of morpholine rings is 1. The van der Waals surface area contributed by atoms with Crippen molar-refractivity contribution in [1.82, 2.24) is 10.2 Å². The lowest BCUT2D eigenvalue weighted by Crippen LogP contribution is -2.42. The smallest absolute Gasteiger partial charge is 0.257 e. The fourth-order valence-electron chi connectivity index (χ4n) is 1.93. The molecule has 0 bridgehead atoms. The Morgan fingerprint density at radius 3 is 2.95 bits per heavy atom. The topological polar surface area (TPSA) is 50.8 Å². The van der Waals surface area contributed by atoms with Crippen molar-refractivity contribution in [2.24, 2.45) is 0 Å². The third-order valence-electron chi connectivity index (χ3n) is 3.02. The molecule has 1 aliphatic rings. The number of halogens is 1. The van der Waals surface area contributed by atoms with Crippen LogP contribution in [0.1, 0.15) is 0 Å². The highest BCUT2D eigenvalue weighted by molar-refractivity contribution is 9.10. The van der Waals surface area contributed by atoms with E-state index in [-0.39, 0.29) is 12.5 Å². The first-order valence-electron chi connectivity index (χ1n) is 6.69. The monoisotopic (exact) mass is 342 g/mol. The summed E-state index contributed by atoms with van der Waals surface area (Å²) >= 11 is 3.36. The molecule has 1 saturated heterocycles. The Hall–Kier alpha value is -1.11. The summed E-state index contributed by atoms with van der Waals surface area (Å²) in [6.45, 7) is 4.96. The zero-order valence-electron chi connectivity index (χ0n) is 11.3. The molecule has 0 aliphatic carbocycles. The van der Waals surface area contributed by atoms with Crippen LogP contribution in [0.2, 0.25) is 0 Å². The van der Waals surface area contributed by atoms with Crippen LogP contribution >= 0.6 is 15.9 Å². The molecule has 1 aromatic rings. The van der Waals surface area contributed by atoms with E-state index in [1.807, 2.05) is 24.3 Å². The number of benzene rings is 1. The van der Waals surface area contributed by atoms with E-state index < -0.39 is 0 Å². The Morgan fingerprint density at radius 1 is 1.40 bits per heavy atom. The molecule has 0 atom stereocenters. The van der Waals surface area contributed by atoms with Gasteiger partial charge in [0.25, 0.3) is 5.91 Å². The van der Waals surface area contributed by atoms with Gasteiger partial charge in [0.2, 0.25) is 0 Å². The Bertz CT molecular complexity index is 436. The van der Waals surface area contributed by atoms with Crippen molar-refractivity contribution in [2.75, 3.05) is 46.0 Å². The molecule has 1 heterocycles. The molecule has 0 radical (unpaired) electrons. The lowest BCUT2D eigenvalue weighted by atomic mass is 10.3. The lowest BCUT2D eigenvalue weighted by molar-refractivity contribution is -0.123. The van der Waals surface area contributed by atoms with Gasteiger partial charge in [0.1, 0.15) is 5.75 Å². The molecule has 1 aliphatic heterocycles. The maximum absolute atomic E-state index is 11.7. The summed E-state index contributed by atoms with van der Waals surface area (Å²) < 4.78 is 11.6. The van der Waals surface area contributed by atoms with Crippen LogP contribution in [0.3, 0.4) is 0 Å². The number of hydrogen-bond acceptors (Lipinski definition) is 4. The standard InChI is InChI=1S/C14H19BrN2O3/c15-12-2-1-3-13(10-12)20-11-14(18)16-4-5-17-6-8-19-9-7-17/h1-3,10H,4-9,11H2,(H,16,18). The predicted octanol–water partition coefficient (Wildman–Crippen LogP) is 1.28. The van der Waals surface area contributed by atoms with E-state index in [0.717, 1.165) is 37.3 Å². The van der Waals surface area contributed by atoms with Crippen LogP contribution in [0.5, 0.6) is 5.75 Å². The number of ether oxygens (including phenoxy) is 2. The maximum Gasteiger partial charge on any atom is 0.257 e. The Labute approximate surface area is 127 Å². The highest BCUT2D eigenvalue weighted by Gasteiger charge is 2.10. The first-order valence-corrected chi connectivity index (χ1v) is 7.48. The van der Waals surface area contributed by atoms with E-state index in [2.05, 4.69) is 26.1 Å². The van der Waals surface area contributed by atoms with Gasteiger partial charge in [0, 0.05) is 30.7 Å². The Balaban J connectivity index is 1.60. The number of carbonyl (C=O) groups is 1. The van der Waals surface area contributed by atoms with E-state index in [1.54, 1.807) is 0 Å². The first kappa shape index (κ1) is 15.3. The number of hydrogen-bond donors (Lipinski definition) is 1. The second-order valence-electron chi connectivity index (χ2n) is 4.55. The molecule has 0 aromatic heterocycles. The number of amides is 1. The van der Waals surface area contributed by atoms with Gasteiger partial charge in [-0.15, -0.1) is 0 Å². The van der Waals surface area contributed by atoms with Crippen molar-refractivity contribution in [2.45, 2.75) is 0 Å². The summed E-state index contributed by atoms with van der Waals surface area (Å²) in [4.78, 5) is 13.9. The van der Waals surface area contributed by atoms with Gasteiger partial charge < -0.3 is 14.8 Å². The molecule has 6 heteroatoms. The van der Waals surface area contributed by atoms with Crippen LogP contribution in [0, 0.1) is 0 Å². The molecule has 20 heavy (non-hydrogen) atoms. The zero-order chi connectivity index (χ0) is 14.2. The van der Waals surface area contributed by atoms with E-state index >= 15 is 0 Å². The SMILES string of the molecule is O=C(COc1cccc(Br)c1)NCCN1CCOCC1. The quantitative estimate of drug-likeness (QED) is 0.845. The molecule has 5 nitrogen and oxygen atoms in total. The van der Waals surface area contributed by atoms with Crippen molar-refractivity contribution in [3.63, 3.8) is 0 Å². The van der Waals surface area contributed by atoms with Crippen LogP contribution in [-0.2, 0) is 9.53 Å². The van der Waals surface area contributed by atoms with Gasteiger partial charge in [0.05, 0.1) is 13.2 Å². The van der Waals surface area contributed by atoms with E-state index in [4.69, 9.17) is 9.47 Å². The molecule has 110 valence electrons. The maximum atomic E-state index is 11.7. The largest absolute Gasteiger partial charge is 0.484 e. The highest BCUT2D eigenvalue weighted by Crippen LogP contribution is 2.17. The van der Waals surface area contributed by atoms with Gasteiger partial charge in [-0.3, -0.25) is 9.69 Å². The van der Waals surface area contributed by atoms with Crippen LogP contribution in [0.25, 0.3) is 0 Å². The van der Waals surface area contributed by atoms with E-state index in [9.17, 15) is 4.79 Å². The number of rotatable bonds is 6. The molecule has 1 aromatic carbocycles. The van der Waals surface area contributed by atoms with Gasteiger partial charge >= 0.3 is 0 Å². The van der Waals surface area contributed by atoms with Gasteiger partial charge in [-0.25, -0.2) is 0 Å². The van der Waals surface area contributed by atoms with Gasteiger partial charge in [0.15, 0.2) is 6.61 Å². The molecular formula is C14H19BrN2O3. The van der Waals surface area contributed by atoms with Crippen molar-refractivity contribution < 1.29 is 14.3 Å². The highest BCUT2D eigenvalue weighted by atomic mass is 79.9. The summed E-state index contributed by atoms with van der Waals surface area (Å²) in [6.07, 6.45) is 0. The van der Waals surface area contributed by atoms with Gasteiger partial charge in [-0.1, -0.05) is 22.0 Å². The summed E-state index contributed by atoms with van der Waals surface area (Å²) in [5.74, 6) is 0.584. The second kappa shape index (κ2) is 8.24. The Kier molecular flexibility index (Phi) is 6.29. The minimum absolute atomic E-state index is 0.0412. The average molecular weight is 343 g/mol. The fourth-order valence-corrected chi connectivity index (χ4v) is 2.31. The third-order valence-corrected chi connectivity index (χ3v) is 3.51. The van der Waals surface area contributed by atoms with Gasteiger partial charge in [-0.05, 0) is 18.2 Å². The summed E-state index contributed by atoms with van der Waals surface area (Å²) in [7, 11) is 0. The molecule has 2 rings (SSSR count). The average Bonchev–Trinajstić information content (AvgIpc) is 2.46. The first-order chi connectivity index (χ1) is 9.74. The predicted molar refractivity (Wildman–Crippen MR) is 79.9 cm³/mol. The molecule has 1 N–H and O–H groups in total. The summed E-state index contributed by atoms with van der Waals surface area (Å²) in [6, 6.07) is 7.44. The van der Waals surface area contributed by atoms with Crippen molar-refractivity contribution in [3.8, 4) is 5.75 Å². The lowest BCUT2D eigenvalue weighted by Gasteiger charge is -2.26. The molecule has 0 saturated carbocycles. The number of nitrogens with zero attached hydrogens (tertiary/aromatic N) is 1. The Morgan fingerprint density at radius 2 is 2.20 bits per heavy atom. The molecule has 0 unspecified atom stereocenters. The molecule has 0 spiro atoms. The fraction of sp³-hybridized carbons (Fsp3) is 0.500. The van der Waals surface area contributed by atoms with Crippen molar-refractivity contribution >= 4 is 21.8 Å². The molecule has 1 fully saturated rings. The van der Waals surface area contributed by atoms with Crippen LogP contribution in [0.4, 0.5) is 0 Å². The van der Waals surface area contributed by atoms with E-state index in [0.29, 0.717) is 12.3 Å². The third kappa shape index (κ3) is 5.48. The van der Waals surface area contributed by atoms with Gasteiger partial charge in [-0.2, -0.15) is 0 Å². The molecular weight excluding hydrogens is 324 g/mol. The minimum atomic E-state index is -0.0989. The molecule has 1 amide bonds. The summed E-state index contributed by atoms with van der Waals surface area (Å²) in [5, 5.41) is 2.86. The number of nitrogens with one attached hydrogen (secondary N) is 1. The van der Waals surface area contributed by atoms with Crippen molar-refractivity contribution in [3.05, 3.63) is 28.7 Å². The number of carbonyl (C=O) groups excluding carboxylic acids is 1. The van der Waals surface area contributed by atoms with Crippen LogP contribution < -0.4 is 10.1 Å². The normalized spacial score (nSPS) is 15.8. The summed E-state index contributed by atoms with van der Waals surface area (Å²) in [5.41, 5.74) is 0. The zero-order valence-corrected chi connectivity index (χ0v) is 12.9. The minimum Gasteiger partial charge on any atom is -0.484 e. The van der Waals surface area contributed by atoms with Crippen LogP contribution in [-0.4, -0.2) is 56.8 Å². The van der Waals surface area contributed by atoms with Crippen molar-refractivity contribution in [1.29, 1.82) is 0 Å². The second-order valence-corrected chi connectivity index (χ2v) is 5.47. The van der Waals surface area contributed by atoms with E-state index in [1.165, 1.54) is 0 Å². The van der Waals surface area contributed by atoms with Crippen LogP contribution in [0.15, 0.2) is 28.7 Å².